The second kappa shape index (κ2) is 17.7. The average Bonchev–Trinajstić information content (AvgIpc) is 3.85. The Bertz CT molecular complexity index is 4160. The Morgan fingerprint density at radius 1 is 0.438 bits per heavy atom. The number of anilines is 3. The number of aromatic amines is 1. The van der Waals surface area contributed by atoms with Crippen LogP contribution in [0.25, 0.3) is 77.9 Å². The number of para-hydroxylation sites is 4. The summed E-state index contributed by atoms with van der Waals surface area (Å²) >= 11 is 0. The van der Waals surface area contributed by atoms with Crippen molar-refractivity contribution in [2.75, 3.05) is 4.90 Å². The molecule has 0 aliphatic heterocycles. The highest BCUT2D eigenvalue weighted by molar-refractivity contribution is 5.91. The lowest BCUT2D eigenvalue weighted by molar-refractivity contribution is 0.660. The topological polar surface area (TPSA) is 59.1 Å². The van der Waals surface area contributed by atoms with Crippen LogP contribution in [0.4, 0.5) is 22.7 Å². The van der Waals surface area contributed by atoms with Gasteiger partial charge in [-0.25, -0.2) is 9.98 Å². The van der Waals surface area contributed by atoms with E-state index in [0.29, 0.717) is 0 Å². The summed E-state index contributed by atoms with van der Waals surface area (Å²) in [6, 6.07) is 86.6. The fourth-order valence-electron chi connectivity index (χ4n) is 10.9. The van der Waals surface area contributed by atoms with E-state index in [4.69, 9.17) is 9.98 Å². The predicted octanol–water partition coefficient (Wildman–Crippen LogP) is 16.3. The molecule has 0 unspecified atom stereocenters. The minimum atomic E-state index is -0.129. The summed E-state index contributed by atoms with van der Waals surface area (Å²) in [6.45, 7) is 4.69. The van der Waals surface area contributed by atoms with Crippen LogP contribution in [0.3, 0.4) is 0 Å². The Balaban J connectivity index is 0.932. The first-order chi connectivity index (χ1) is 35.9. The summed E-state index contributed by atoms with van der Waals surface area (Å²) in [5, 5.41) is 0. The number of aromatic nitrogens is 5. The summed E-state index contributed by atoms with van der Waals surface area (Å²) in [5.74, 6) is 0. The number of hydrogen-bond acceptors (Lipinski definition) is 3. The Hall–Kier alpha value is -9.46. The van der Waals surface area contributed by atoms with Crippen LogP contribution in [0.15, 0.2) is 254 Å². The van der Waals surface area contributed by atoms with Crippen LogP contribution in [0, 0.1) is 0 Å². The van der Waals surface area contributed by atoms with E-state index in [9.17, 15) is 0 Å². The highest BCUT2D eigenvalue weighted by Crippen LogP contribution is 2.50. The molecule has 0 bridgehead atoms. The molecule has 7 nitrogen and oxygen atoms in total. The lowest BCUT2D eigenvalue weighted by Crippen LogP contribution is -2.22. The van der Waals surface area contributed by atoms with Crippen molar-refractivity contribution in [2.24, 2.45) is 12.0 Å². The number of rotatable bonds is 8. The first kappa shape index (κ1) is 43.6. The van der Waals surface area contributed by atoms with Gasteiger partial charge in [-0.15, -0.1) is 0 Å². The Labute approximate surface area is 424 Å². The van der Waals surface area contributed by atoms with Gasteiger partial charge in [0.1, 0.15) is 0 Å². The van der Waals surface area contributed by atoms with Crippen molar-refractivity contribution >= 4 is 55.8 Å². The monoisotopic (exact) mass is 941 g/mol. The molecule has 0 amide bonds. The van der Waals surface area contributed by atoms with Crippen LogP contribution in [-0.2, 0) is 12.5 Å². The zero-order valence-electron chi connectivity index (χ0n) is 40.9. The number of imidazole rings is 1. The number of nitrogens with zero attached hydrogens (tertiary/aromatic N) is 6. The van der Waals surface area contributed by atoms with Crippen molar-refractivity contribution in [3.63, 3.8) is 0 Å². The highest BCUT2D eigenvalue weighted by Gasteiger charge is 2.35. The van der Waals surface area contributed by atoms with Crippen molar-refractivity contribution in [1.29, 1.82) is 0 Å². The Morgan fingerprint density at radius 3 is 1.77 bits per heavy atom. The molecule has 13 rings (SSSR count). The van der Waals surface area contributed by atoms with Gasteiger partial charge in [0.25, 0.3) is 0 Å². The average molecular weight is 942 g/mol. The molecule has 0 radical (unpaired) electrons. The molecular weight excluding hydrogens is 891 g/mol. The SMILES string of the molecule is Cn1/c(=N\c2ccccc2)n(-c2ccc3nc[nH]c4cc(-c5ccc(N(c6ccc(-c7ccccc7)cc6)c6ccc7c(c6)C(C)(C)c6ccccc6-7)cc5)ccc4n(-c4ccccc4)c3c2)c2ccccc21. The van der Waals surface area contributed by atoms with E-state index in [1.165, 1.54) is 33.4 Å². The maximum absolute atomic E-state index is 5.21. The summed E-state index contributed by atoms with van der Waals surface area (Å²) in [5.41, 5.74) is 22.6. The first-order valence-electron chi connectivity index (χ1n) is 24.9. The quantitative estimate of drug-likeness (QED) is 0.165. The second-order valence-corrected chi connectivity index (χ2v) is 19.3. The molecule has 0 saturated heterocycles. The predicted molar refractivity (Wildman–Crippen MR) is 301 cm³/mol. The van der Waals surface area contributed by atoms with E-state index in [0.717, 1.165) is 84.0 Å². The molecule has 0 atom stereocenters. The molecule has 2 heterocycles. The largest absolute Gasteiger partial charge is 0.345 e. The number of aryl methyl sites for hydroxylation is 1. The smallest absolute Gasteiger partial charge is 0.215 e. The Kier molecular flexibility index (Phi) is 10.6. The van der Waals surface area contributed by atoms with Gasteiger partial charge in [0.2, 0.25) is 5.62 Å². The molecule has 73 heavy (non-hydrogen) atoms. The zero-order valence-corrected chi connectivity index (χ0v) is 40.9. The van der Waals surface area contributed by atoms with Crippen LogP contribution in [0.1, 0.15) is 25.0 Å². The third kappa shape index (κ3) is 7.61. The maximum atomic E-state index is 5.21. The van der Waals surface area contributed by atoms with Gasteiger partial charge in [-0.1, -0.05) is 153 Å². The minimum Gasteiger partial charge on any atom is -0.345 e. The van der Waals surface area contributed by atoms with E-state index >= 15 is 0 Å². The fourth-order valence-corrected chi connectivity index (χ4v) is 10.9. The van der Waals surface area contributed by atoms with E-state index in [1.807, 2.05) is 36.7 Å². The highest BCUT2D eigenvalue weighted by atomic mass is 15.2. The van der Waals surface area contributed by atoms with Crippen LogP contribution in [0.2, 0.25) is 0 Å². The molecule has 12 aromatic rings. The standard InChI is InChI=1S/C66H51N7/c1-66(2)57-24-14-13-23-55(57)56-38-36-53(42-58(56)66)71(51-32-27-46(28-33-51)45-17-7-4-8-18-45)52-34-29-47(30-35-52)48-31-40-61-60(41-48)68-44-67-59-39-37-54(43-64(59)72(61)50-21-11-6-12-22-50)73-63-26-16-15-25-62(63)70(3)65(73)69-49-19-9-5-10-20-49/h4-44H,1-3H3,(H,67,68)/b69-65+. The number of H-pyrrole nitrogens is 1. The lowest BCUT2D eigenvalue weighted by Gasteiger charge is -2.28. The second-order valence-electron chi connectivity index (χ2n) is 19.3. The molecule has 1 aliphatic rings. The van der Waals surface area contributed by atoms with Gasteiger partial charge in [0, 0.05) is 35.2 Å². The maximum Gasteiger partial charge on any atom is 0.215 e. The van der Waals surface area contributed by atoms with Gasteiger partial charge >= 0.3 is 0 Å². The van der Waals surface area contributed by atoms with Crippen molar-refractivity contribution in [3.8, 4) is 44.8 Å². The molecule has 1 aliphatic carbocycles. The molecular formula is C66H51N7. The molecule has 0 saturated carbocycles. The molecule has 10 aromatic carbocycles. The molecule has 0 spiro atoms. The Morgan fingerprint density at radius 2 is 1.03 bits per heavy atom. The van der Waals surface area contributed by atoms with Crippen molar-refractivity contribution in [2.45, 2.75) is 19.3 Å². The number of benzene rings is 10. The van der Waals surface area contributed by atoms with Crippen molar-refractivity contribution < 1.29 is 0 Å². The fraction of sp³-hybridized carbons (Fsp3) is 0.0606. The van der Waals surface area contributed by atoms with Crippen LogP contribution in [-0.4, -0.2) is 23.7 Å². The summed E-state index contributed by atoms with van der Waals surface area (Å²) in [6.07, 6.45) is 1.81. The summed E-state index contributed by atoms with van der Waals surface area (Å²) < 4.78 is 6.71. The van der Waals surface area contributed by atoms with Gasteiger partial charge in [-0.3, -0.25) is 4.57 Å². The molecule has 1 N–H and O–H groups in total. The summed E-state index contributed by atoms with van der Waals surface area (Å²) in [7, 11) is 2.08. The summed E-state index contributed by atoms with van der Waals surface area (Å²) in [4.78, 5) is 16.2. The lowest BCUT2D eigenvalue weighted by atomic mass is 9.82. The molecule has 7 heteroatoms. The van der Waals surface area contributed by atoms with Gasteiger partial charge in [0.15, 0.2) is 0 Å². The minimum absolute atomic E-state index is 0.129. The van der Waals surface area contributed by atoms with Crippen LogP contribution in [0.5, 0.6) is 0 Å². The van der Waals surface area contributed by atoms with Crippen molar-refractivity contribution in [3.05, 3.63) is 266 Å². The third-order valence-electron chi connectivity index (χ3n) is 14.6. The van der Waals surface area contributed by atoms with E-state index in [-0.39, 0.29) is 5.41 Å². The van der Waals surface area contributed by atoms with E-state index in [1.54, 1.807) is 0 Å². The number of fused-ring (bicyclic) bond motifs is 6. The van der Waals surface area contributed by atoms with Crippen LogP contribution >= 0.6 is 0 Å². The van der Waals surface area contributed by atoms with Gasteiger partial charge in [-0.05, 0) is 148 Å². The molecule has 0 fully saturated rings. The normalized spacial score (nSPS) is 12.8. The van der Waals surface area contributed by atoms with Gasteiger partial charge < -0.3 is 19.0 Å². The number of hydrogen-bond donors (Lipinski definition) is 1. The molecule has 350 valence electrons. The number of nitrogens with one attached hydrogen (secondary N) is 1. The van der Waals surface area contributed by atoms with Gasteiger partial charge in [-0.2, -0.15) is 0 Å². The molecule has 2 aromatic heterocycles. The van der Waals surface area contributed by atoms with Crippen molar-refractivity contribution in [1.82, 2.24) is 23.7 Å². The van der Waals surface area contributed by atoms with E-state index in [2.05, 4.69) is 257 Å². The van der Waals surface area contributed by atoms with E-state index < -0.39 is 0 Å². The first-order valence-corrected chi connectivity index (χ1v) is 24.9. The van der Waals surface area contributed by atoms with Crippen LogP contribution < -0.4 is 10.5 Å². The van der Waals surface area contributed by atoms with Gasteiger partial charge in [0.05, 0.1) is 50.8 Å². The zero-order chi connectivity index (χ0) is 49.0. The third-order valence-corrected chi connectivity index (χ3v) is 14.6.